The SMILES string of the molecule is O=[N+]([O-])c1ccc(Oc2c(Cl)cc(C(F)(F)F)cc2Cl)cc1CN1CCCCC1. The molecule has 10 heteroatoms. The number of nitrogens with zero attached hydrogens (tertiary/aromatic N) is 2. The molecule has 0 N–H and O–H groups in total. The molecule has 3 rings (SSSR count). The third-order valence-electron chi connectivity index (χ3n) is 4.64. The van der Waals surface area contributed by atoms with Gasteiger partial charge in [0, 0.05) is 18.2 Å². The van der Waals surface area contributed by atoms with Crippen molar-refractivity contribution in [3.8, 4) is 11.5 Å². The Bertz CT molecular complexity index is 893. The van der Waals surface area contributed by atoms with E-state index < -0.39 is 16.7 Å². The molecular weight excluding hydrogens is 432 g/mol. The highest BCUT2D eigenvalue weighted by Gasteiger charge is 2.32. The molecule has 1 aliphatic heterocycles. The number of hydrogen-bond donors (Lipinski definition) is 0. The van der Waals surface area contributed by atoms with Crippen LogP contribution in [0.5, 0.6) is 11.5 Å². The zero-order valence-electron chi connectivity index (χ0n) is 15.1. The number of nitro benzene ring substituents is 1. The Morgan fingerprint density at radius 1 is 1.07 bits per heavy atom. The maximum absolute atomic E-state index is 12.9. The monoisotopic (exact) mass is 448 g/mol. The van der Waals surface area contributed by atoms with Gasteiger partial charge in [0.2, 0.25) is 0 Å². The lowest BCUT2D eigenvalue weighted by atomic mass is 10.1. The van der Waals surface area contributed by atoms with Gasteiger partial charge in [0.15, 0.2) is 5.75 Å². The van der Waals surface area contributed by atoms with Crippen molar-refractivity contribution in [3.63, 3.8) is 0 Å². The summed E-state index contributed by atoms with van der Waals surface area (Å²) in [4.78, 5) is 13.0. The van der Waals surface area contributed by atoms with Gasteiger partial charge >= 0.3 is 6.18 Å². The third kappa shape index (κ3) is 5.32. The standard InChI is InChI=1S/C19H17Cl2F3N2O3/c20-15-9-13(19(22,23)24)10-16(21)18(15)29-14-4-5-17(26(27)28)12(8-14)11-25-6-2-1-3-7-25/h4-5,8-10H,1-3,6-7,11H2. The number of ether oxygens (including phenoxy) is 1. The average molecular weight is 449 g/mol. The van der Waals surface area contributed by atoms with Gasteiger partial charge in [-0.2, -0.15) is 13.2 Å². The van der Waals surface area contributed by atoms with E-state index in [-0.39, 0.29) is 27.2 Å². The summed E-state index contributed by atoms with van der Waals surface area (Å²) < 4.78 is 44.2. The first kappa shape index (κ1) is 21.7. The van der Waals surface area contributed by atoms with Crippen molar-refractivity contribution in [1.82, 2.24) is 4.90 Å². The highest BCUT2D eigenvalue weighted by molar-refractivity contribution is 6.37. The van der Waals surface area contributed by atoms with Crippen molar-refractivity contribution in [3.05, 3.63) is 61.6 Å². The van der Waals surface area contributed by atoms with Gasteiger partial charge in [-0.1, -0.05) is 29.6 Å². The second-order valence-corrected chi connectivity index (χ2v) is 7.57. The molecule has 5 nitrogen and oxygen atoms in total. The molecule has 29 heavy (non-hydrogen) atoms. The van der Waals surface area contributed by atoms with E-state index in [2.05, 4.69) is 4.90 Å². The van der Waals surface area contributed by atoms with Crippen LogP contribution in [0.3, 0.4) is 0 Å². The Morgan fingerprint density at radius 3 is 2.24 bits per heavy atom. The van der Waals surface area contributed by atoms with Crippen LogP contribution in [0, 0.1) is 10.1 Å². The van der Waals surface area contributed by atoms with E-state index in [0.29, 0.717) is 12.1 Å². The molecule has 0 aromatic heterocycles. The first-order valence-corrected chi connectivity index (χ1v) is 9.64. The predicted molar refractivity (Wildman–Crippen MR) is 104 cm³/mol. The smallest absolute Gasteiger partial charge is 0.416 e. The van der Waals surface area contributed by atoms with Crippen molar-refractivity contribution in [1.29, 1.82) is 0 Å². The minimum absolute atomic E-state index is 0.0486. The van der Waals surface area contributed by atoms with E-state index in [4.69, 9.17) is 27.9 Å². The number of alkyl halides is 3. The van der Waals surface area contributed by atoms with Gasteiger partial charge in [-0.3, -0.25) is 15.0 Å². The summed E-state index contributed by atoms with van der Waals surface area (Å²) in [5, 5.41) is 10.8. The second kappa shape index (κ2) is 8.77. The molecule has 2 aromatic carbocycles. The maximum atomic E-state index is 12.9. The summed E-state index contributed by atoms with van der Waals surface area (Å²) >= 11 is 11.9. The van der Waals surface area contributed by atoms with Crippen LogP contribution >= 0.6 is 23.2 Å². The molecule has 0 unspecified atom stereocenters. The Morgan fingerprint density at radius 2 is 1.69 bits per heavy atom. The summed E-state index contributed by atoms with van der Waals surface area (Å²) in [6, 6.07) is 5.62. The topological polar surface area (TPSA) is 55.6 Å². The number of halogens is 5. The van der Waals surface area contributed by atoms with Crippen LogP contribution in [0.1, 0.15) is 30.4 Å². The second-order valence-electron chi connectivity index (χ2n) is 6.75. The Labute approximate surface area is 175 Å². The zero-order valence-corrected chi connectivity index (χ0v) is 16.7. The van der Waals surface area contributed by atoms with Crippen LogP contribution in [0.2, 0.25) is 10.0 Å². The molecule has 0 spiro atoms. The fourth-order valence-corrected chi connectivity index (χ4v) is 3.79. The van der Waals surface area contributed by atoms with Crippen LogP contribution in [0.4, 0.5) is 18.9 Å². The molecule has 0 bridgehead atoms. The molecule has 2 aromatic rings. The van der Waals surface area contributed by atoms with E-state index >= 15 is 0 Å². The molecule has 1 saturated heterocycles. The first-order chi connectivity index (χ1) is 13.6. The Kier molecular flexibility index (Phi) is 6.55. The fraction of sp³-hybridized carbons (Fsp3) is 0.368. The molecule has 156 valence electrons. The summed E-state index contributed by atoms with van der Waals surface area (Å²) in [7, 11) is 0. The molecule has 1 heterocycles. The van der Waals surface area contributed by atoms with Crippen LogP contribution in [-0.2, 0) is 12.7 Å². The van der Waals surface area contributed by atoms with Crippen molar-refractivity contribution in [2.45, 2.75) is 32.0 Å². The fourth-order valence-electron chi connectivity index (χ4n) is 3.23. The third-order valence-corrected chi connectivity index (χ3v) is 5.20. The molecule has 1 fully saturated rings. The van der Waals surface area contributed by atoms with Gasteiger partial charge in [-0.15, -0.1) is 0 Å². The van der Waals surface area contributed by atoms with Crippen LogP contribution in [-0.4, -0.2) is 22.9 Å². The van der Waals surface area contributed by atoms with E-state index in [0.717, 1.165) is 44.5 Å². The quantitative estimate of drug-likeness (QED) is 0.377. The van der Waals surface area contributed by atoms with Crippen molar-refractivity contribution in [2.24, 2.45) is 0 Å². The lowest BCUT2D eigenvalue weighted by Crippen LogP contribution is -2.29. The van der Waals surface area contributed by atoms with Gasteiger partial charge in [0.05, 0.1) is 20.5 Å². The largest absolute Gasteiger partial charge is 0.454 e. The highest BCUT2D eigenvalue weighted by Crippen LogP contribution is 2.42. The number of benzene rings is 2. The van der Waals surface area contributed by atoms with E-state index in [1.54, 1.807) is 0 Å². The van der Waals surface area contributed by atoms with Gasteiger partial charge in [-0.25, -0.2) is 0 Å². The van der Waals surface area contributed by atoms with Crippen molar-refractivity contribution >= 4 is 28.9 Å². The minimum Gasteiger partial charge on any atom is -0.454 e. The number of nitro groups is 1. The molecular formula is C19H17Cl2F3N2O3. The molecule has 1 aliphatic rings. The van der Waals surface area contributed by atoms with Gasteiger partial charge in [0.1, 0.15) is 5.75 Å². The number of likely N-dealkylation sites (tertiary alicyclic amines) is 1. The molecule has 0 atom stereocenters. The zero-order chi connectivity index (χ0) is 21.2. The number of piperidine rings is 1. The van der Waals surface area contributed by atoms with Crippen LogP contribution in [0.25, 0.3) is 0 Å². The van der Waals surface area contributed by atoms with E-state index in [1.165, 1.54) is 18.2 Å². The lowest BCUT2D eigenvalue weighted by Gasteiger charge is -2.26. The summed E-state index contributed by atoms with van der Waals surface area (Å²) in [6.45, 7) is 2.07. The minimum atomic E-state index is -4.60. The van der Waals surface area contributed by atoms with Crippen LogP contribution in [0.15, 0.2) is 30.3 Å². The van der Waals surface area contributed by atoms with Crippen molar-refractivity contribution < 1.29 is 22.8 Å². The van der Waals surface area contributed by atoms with Gasteiger partial charge in [0.25, 0.3) is 5.69 Å². The maximum Gasteiger partial charge on any atom is 0.416 e. The first-order valence-electron chi connectivity index (χ1n) is 8.89. The lowest BCUT2D eigenvalue weighted by molar-refractivity contribution is -0.385. The number of rotatable bonds is 5. The number of hydrogen-bond acceptors (Lipinski definition) is 4. The van der Waals surface area contributed by atoms with Gasteiger partial charge < -0.3 is 4.74 Å². The molecule has 0 saturated carbocycles. The average Bonchev–Trinajstić information content (AvgIpc) is 2.64. The van der Waals surface area contributed by atoms with E-state index in [9.17, 15) is 23.3 Å². The Balaban J connectivity index is 1.89. The Hall–Kier alpha value is -2.03. The van der Waals surface area contributed by atoms with Crippen molar-refractivity contribution in [2.75, 3.05) is 13.1 Å². The summed E-state index contributed by atoms with van der Waals surface area (Å²) in [5.74, 6) is 0.0604. The highest BCUT2D eigenvalue weighted by atomic mass is 35.5. The van der Waals surface area contributed by atoms with Crippen LogP contribution < -0.4 is 4.74 Å². The molecule has 0 amide bonds. The summed E-state index contributed by atoms with van der Waals surface area (Å²) in [5.41, 5.74) is -0.588. The van der Waals surface area contributed by atoms with E-state index in [1.807, 2.05) is 0 Å². The normalized spacial score (nSPS) is 15.3. The molecule has 0 aliphatic carbocycles. The van der Waals surface area contributed by atoms with Gasteiger partial charge in [-0.05, 0) is 50.2 Å². The summed E-state index contributed by atoms with van der Waals surface area (Å²) in [6.07, 6.45) is -1.41. The molecule has 0 radical (unpaired) electrons. The predicted octanol–water partition coefficient (Wildman–Crippen LogP) is 6.70.